The quantitative estimate of drug-likeness (QED) is 0.733. The van der Waals surface area contributed by atoms with Gasteiger partial charge in [0.2, 0.25) is 0 Å². The number of nitrogens with zero attached hydrogens (tertiary/aromatic N) is 1. The van der Waals surface area contributed by atoms with Gasteiger partial charge in [-0.1, -0.05) is 0 Å². The van der Waals surface area contributed by atoms with Crippen LogP contribution in [0.5, 0.6) is 11.5 Å². The van der Waals surface area contributed by atoms with Crippen LogP contribution in [0.2, 0.25) is 0 Å². The molecule has 1 aliphatic heterocycles. The number of aromatic nitrogens is 2. The van der Waals surface area contributed by atoms with Gasteiger partial charge in [-0.3, -0.25) is 4.79 Å². The van der Waals surface area contributed by atoms with Gasteiger partial charge >= 0.3 is 0 Å². The highest BCUT2D eigenvalue weighted by Crippen LogP contribution is 2.32. The first-order valence-electron chi connectivity index (χ1n) is 6.69. The maximum atomic E-state index is 12.7. The van der Waals surface area contributed by atoms with Crippen molar-refractivity contribution < 1.29 is 14.3 Å². The molecule has 3 heterocycles. The Morgan fingerprint density at radius 3 is 2.90 bits per heavy atom. The average molecular weight is 280 g/mol. The summed E-state index contributed by atoms with van der Waals surface area (Å²) in [6, 6.07) is 8.95. The molecule has 0 bridgehead atoms. The largest absolute Gasteiger partial charge is 0.486 e. The van der Waals surface area contributed by atoms with Crippen molar-refractivity contribution in [3.8, 4) is 11.5 Å². The molecule has 2 aromatic heterocycles. The third kappa shape index (κ3) is 1.94. The molecule has 0 spiro atoms. The van der Waals surface area contributed by atoms with Gasteiger partial charge in [-0.15, -0.1) is 0 Å². The molecule has 5 heteroatoms. The molecule has 0 radical (unpaired) electrons. The van der Waals surface area contributed by atoms with Gasteiger partial charge in [-0.05, 0) is 30.3 Å². The number of H-pyrrole nitrogens is 1. The normalized spacial score (nSPS) is 13.3. The summed E-state index contributed by atoms with van der Waals surface area (Å²) >= 11 is 0. The van der Waals surface area contributed by atoms with E-state index in [1.165, 1.54) is 0 Å². The highest BCUT2D eigenvalue weighted by molar-refractivity contribution is 6.16. The maximum Gasteiger partial charge on any atom is 0.195 e. The number of hydrogen-bond acceptors (Lipinski definition) is 4. The van der Waals surface area contributed by atoms with E-state index in [0.29, 0.717) is 41.5 Å². The van der Waals surface area contributed by atoms with Crippen LogP contribution in [-0.4, -0.2) is 29.0 Å². The summed E-state index contributed by atoms with van der Waals surface area (Å²) in [4.78, 5) is 19.9. The summed E-state index contributed by atoms with van der Waals surface area (Å²) in [5.74, 6) is 1.23. The van der Waals surface area contributed by atoms with Crippen LogP contribution in [0.4, 0.5) is 0 Å². The van der Waals surface area contributed by atoms with Gasteiger partial charge in [-0.25, -0.2) is 4.98 Å². The molecule has 21 heavy (non-hydrogen) atoms. The molecule has 1 aliphatic rings. The SMILES string of the molecule is O=C(c1ccc2c(c1)OCCO2)c1c[nH]c2ncccc12. The highest BCUT2D eigenvalue weighted by Gasteiger charge is 2.18. The Labute approximate surface area is 120 Å². The third-order valence-electron chi connectivity index (χ3n) is 3.50. The molecule has 0 atom stereocenters. The van der Waals surface area contributed by atoms with Gasteiger partial charge in [0.15, 0.2) is 17.3 Å². The van der Waals surface area contributed by atoms with E-state index in [2.05, 4.69) is 9.97 Å². The number of carbonyl (C=O) groups is 1. The number of aromatic amines is 1. The highest BCUT2D eigenvalue weighted by atomic mass is 16.6. The number of benzene rings is 1. The second-order valence-electron chi connectivity index (χ2n) is 4.79. The Hall–Kier alpha value is -2.82. The van der Waals surface area contributed by atoms with Gasteiger partial charge in [-0.2, -0.15) is 0 Å². The van der Waals surface area contributed by atoms with E-state index < -0.39 is 0 Å². The minimum absolute atomic E-state index is 0.0637. The average Bonchev–Trinajstić information content (AvgIpc) is 2.98. The van der Waals surface area contributed by atoms with Gasteiger partial charge in [0.05, 0.1) is 0 Å². The number of ether oxygens (including phenoxy) is 2. The van der Waals surface area contributed by atoms with E-state index in [4.69, 9.17) is 9.47 Å². The molecule has 4 rings (SSSR count). The fraction of sp³-hybridized carbons (Fsp3) is 0.125. The Morgan fingerprint density at radius 1 is 1.14 bits per heavy atom. The topological polar surface area (TPSA) is 64.2 Å². The van der Waals surface area contributed by atoms with Gasteiger partial charge < -0.3 is 14.5 Å². The molecule has 1 N–H and O–H groups in total. The molecule has 3 aromatic rings. The summed E-state index contributed by atoms with van der Waals surface area (Å²) in [7, 11) is 0. The zero-order valence-corrected chi connectivity index (χ0v) is 11.1. The first-order chi connectivity index (χ1) is 10.3. The zero-order chi connectivity index (χ0) is 14.2. The summed E-state index contributed by atoms with van der Waals surface area (Å²) in [5.41, 5.74) is 1.89. The van der Waals surface area contributed by atoms with E-state index >= 15 is 0 Å². The number of ketones is 1. The molecule has 0 fully saturated rings. The Kier molecular flexibility index (Phi) is 2.64. The second kappa shape index (κ2) is 4.63. The molecule has 5 nitrogen and oxygen atoms in total. The van der Waals surface area contributed by atoms with E-state index in [1.807, 2.05) is 12.1 Å². The summed E-state index contributed by atoms with van der Waals surface area (Å²) in [5, 5.41) is 0.817. The molecular weight excluding hydrogens is 268 g/mol. The summed E-state index contributed by atoms with van der Waals surface area (Å²) < 4.78 is 11.0. The summed E-state index contributed by atoms with van der Waals surface area (Å²) in [6.07, 6.45) is 3.38. The lowest BCUT2D eigenvalue weighted by molar-refractivity contribution is 0.103. The van der Waals surface area contributed by atoms with E-state index in [0.717, 1.165) is 5.39 Å². The molecule has 0 amide bonds. The van der Waals surface area contributed by atoms with Crippen molar-refractivity contribution >= 4 is 16.8 Å². The van der Waals surface area contributed by atoms with E-state index in [-0.39, 0.29) is 5.78 Å². The van der Waals surface area contributed by atoms with Crippen LogP contribution in [0, 0.1) is 0 Å². The molecule has 0 saturated heterocycles. The van der Waals surface area contributed by atoms with Crippen LogP contribution in [0.3, 0.4) is 0 Å². The Bertz CT molecular complexity index is 838. The molecule has 0 aliphatic carbocycles. The van der Waals surface area contributed by atoms with Crippen molar-refractivity contribution in [3.05, 3.63) is 53.9 Å². The van der Waals surface area contributed by atoms with Gasteiger partial charge in [0, 0.05) is 28.9 Å². The lowest BCUT2D eigenvalue weighted by Crippen LogP contribution is -2.15. The molecule has 0 saturated carbocycles. The number of rotatable bonds is 2. The van der Waals surface area contributed by atoms with Gasteiger partial charge in [0.25, 0.3) is 0 Å². The smallest absolute Gasteiger partial charge is 0.195 e. The van der Waals surface area contributed by atoms with E-state index in [1.54, 1.807) is 30.6 Å². The van der Waals surface area contributed by atoms with Gasteiger partial charge in [0.1, 0.15) is 18.9 Å². The minimum Gasteiger partial charge on any atom is -0.486 e. The second-order valence-corrected chi connectivity index (χ2v) is 4.79. The van der Waals surface area contributed by atoms with Crippen molar-refractivity contribution in [2.75, 3.05) is 13.2 Å². The Balaban J connectivity index is 1.77. The number of fused-ring (bicyclic) bond motifs is 2. The third-order valence-corrected chi connectivity index (χ3v) is 3.50. The predicted octanol–water partition coefficient (Wildman–Crippen LogP) is 2.57. The lowest BCUT2D eigenvalue weighted by Gasteiger charge is -2.18. The van der Waals surface area contributed by atoms with Crippen molar-refractivity contribution in [3.63, 3.8) is 0 Å². The van der Waals surface area contributed by atoms with Crippen LogP contribution in [-0.2, 0) is 0 Å². The van der Waals surface area contributed by atoms with Crippen molar-refractivity contribution in [2.24, 2.45) is 0 Å². The minimum atomic E-state index is -0.0637. The van der Waals surface area contributed by atoms with Crippen LogP contribution >= 0.6 is 0 Å². The number of nitrogens with one attached hydrogen (secondary N) is 1. The standard InChI is InChI=1S/C16H12N2O3/c19-15(12-9-18-16-11(12)2-1-5-17-16)10-3-4-13-14(8-10)21-7-6-20-13/h1-5,8-9H,6-7H2,(H,17,18). The van der Waals surface area contributed by atoms with Crippen LogP contribution < -0.4 is 9.47 Å². The Morgan fingerprint density at radius 2 is 2.00 bits per heavy atom. The van der Waals surface area contributed by atoms with Crippen molar-refractivity contribution in [1.29, 1.82) is 0 Å². The van der Waals surface area contributed by atoms with Crippen molar-refractivity contribution in [1.82, 2.24) is 9.97 Å². The molecule has 104 valence electrons. The molecule has 1 aromatic carbocycles. The monoisotopic (exact) mass is 280 g/mol. The first-order valence-corrected chi connectivity index (χ1v) is 6.69. The fourth-order valence-electron chi connectivity index (χ4n) is 2.48. The lowest BCUT2D eigenvalue weighted by atomic mass is 10.0. The first kappa shape index (κ1) is 12.0. The number of hydrogen-bond donors (Lipinski definition) is 1. The van der Waals surface area contributed by atoms with Crippen LogP contribution in [0.1, 0.15) is 15.9 Å². The maximum absolute atomic E-state index is 12.7. The van der Waals surface area contributed by atoms with E-state index in [9.17, 15) is 4.79 Å². The zero-order valence-electron chi connectivity index (χ0n) is 11.1. The predicted molar refractivity (Wildman–Crippen MR) is 77.0 cm³/mol. The molecular formula is C16H12N2O3. The number of pyridine rings is 1. The molecule has 0 unspecified atom stereocenters. The van der Waals surface area contributed by atoms with Crippen molar-refractivity contribution in [2.45, 2.75) is 0 Å². The van der Waals surface area contributed by atoms with Crippen LogP contribution in [0.15, 0.2) is 42.7 Å². The summed E-state index contributed by atoms with van der Waals surface area (Å²) in [6.45, 7) is 1.04. The fourth-order valence-corrected chi connectivity index (χ4v) is 2.48. The van der Waals surface area contributed by atoms with Crippen LogP contribution in [0.25, 0.3) is 11.0 Å². The number of carbonyl (C=O) groups excluding carboxylic acids is 1.